The Kier molecular flexibility index (Phi) is 6.19. The van der Waals surface area contributed by atoms with Crippen molar-refractivity contribution in [1.29, 1.82) is 0 Å². The lowest BCUT2D eigenvalue weighted by molar-refractivity contribution is 0.0914. The lowest BCUT2D eigenvalue weighted by Gasteiger charge is -2.14. The summed E-state index contributed by atoms with van der Waals surface area (Å²) >= 11 is 0. The normalized spacial score (nSPS) is 11.7. The maximum atomic E-state index is 13.6. The van der Waals surface area contributed by atoms with Gasteiger partial charge in [0.25, 0.3) is 11.8 Å². The number of anilines is 1. The number of hydrogen-bond donors (Lipinski definition) is 3. The highest BCUT2D eigenvalue weighted by molar-refractivity contribution is 6.04. The van der Waals surface area contributed by atoms with Gasteiger partial charge < -0.3 is 15.7 Å². The van der Waals surface area contributed by atoms with E-state index >= 15 is 0 Å². The van der Waals surface area contributed by atoms with E-state index in [1.165, 1.54) is 36.4 Å². The van der Waals surface area contributed by atoms with Crippen LogP contribution in [0, 0.1) is 11.6 Å². The maximum absolute atomic E-state index is 13.6. The summed E-state index contributed by atoms with van der Waals surface area (Å²) in [6.45, 7) is 1.68. The molecule has 0 aromatic heterocycles. The SMILES string of the molecule is CCC(CO)NC(=O)c1ccc(NC(=O)c2cccc(F)c2F)cc1. The Hall–Kier alpha value is -2.80. The summed E-state index contributed by atoms with van der Waals surface area (Å²) in [6.07, 6.45) is 0.593. The van der Waals surface area contributed by atoms with E-state index in [1.54, 1.807) is 0 Å². The highest BCUT2D eigenvalue weighted by atomic mass is 19.2. The van der Waals surface area contributed by atoms with Gasteiger partial charge in [0.05, 0.1) is 18.2 Å². The zero-order valence-corrected chi connectivity index (χ0v) is 13.6. The van der Waals surface area contributed by atoms with Gasteiger partial charge in [-0.25, -0.2) is 8.78 Å². The average Bonchev–Trinajstić information content (AvgIpc) is 2.62. The van der Waals surface area contributed by atoms with Crippen molar-refractivity contribution < 1.29 is 23.5 Å². The molecule has 0 heterocycles. The average molecular weight is 348 g/mol. The molecule has 0 aliphatic rings. The minimum absolute atomic E-state index is 0.157. The molecule has 0 saturated carbocycles. The second-order valence-corrected chi connectivity index (χ2v) is 5.39. The first kappa shape index (κ1) is 18.5. The van der Waals surface area contributed by atoms with Crippen molar-refractivity contribution in [3.63, 3.8) is 0 Å². The number of aliphatic hydroxyl groups is 1. The van der Waals surface area contributed by atoms with Crippen LogP contribution in [0.5, 0.6) is 0 Å². The largest absolute Gasteiger partial charge is 0.394 e. The van der Waals surface area contributed by atoms with E-state index in [0.717, 1.165) is 6.07 Å². The van der Waals surface area contributed by atoms with Crippen LogP contribution < -0.4 is 10.6 Å². The Morgan fingerprint density at radius 2 is 1.76 bits per heavy atom. The molecule has 7 heteroatoms. The van der Waals surface area contributed by atoms with E-state index in [1.807, 2.05) is 6.92 Å². The van der Waals surface area contributed by atoms with Crippen LogP contribution in [-0.2, 0) is 0 Å². The molecule has 0 bridgehead atoms. The van der Waals surface area contributed by atoms with Crippen molar-refractivity contribution in [2.24, 2.45) is 0 Å². The van der Waals surface area contributed by atoms with Crippen molar-refractivity contribution in [2.75, 3.05) is 11.9 Å². The molecule has 2 aromatic rings. The number of benzene rings is 2. The van der Waals surface area contributed by atoms with Gasteiger partial charge in [0.2, 0.25) is 0 Å². The van der Waals surface area contributed by atoms with Gasteiger partial charge in [0.15, 0.2) is 11.6 Å². The van der Waals surface area contributed by atoms with E-state index in [0.29, 0.717) is 17.7 Å². The third-order valence-electron chi connectivity index (χ3n) is 3.65. The number of halogens is 2. The van der Waals surface area contributed by atoms with Crippen molar-refractivity contribution in [3.05, 3.63) is 65.2 Å². The Balaban J connectivity index is 2.06. The van der Waals surface area contributed by atoms with Gasteiger partial charge in [-0.3, -0.25) is 9.59 Å². The van der Waals surface area contributed by atoms with E-state index in [4.69, 9.17) is 5.11 Å². The summed E-state index contributed by atoms with van der Waals surface area (Å²) in [5, 5.41) is 14.2. The molecule has 1 atom stereocenters. The quantitative estimate of drug-likeness (QED) is 0.751. The van der Waals surface area contributed by atoms with Crippen molar-refractivity contribution in [2.45, 2.75) is 19.4 Å². The summed E-state index contributed by atoms with van der Waals surface area (Å²) in [7, 11) is 0. The minimum atomic E-state index is -1.22. The Bertz CT molecular complexity index is 759. The monoisotopic (exact) mass is 348 g/mol. The minimum Gasteiger partial charge on any atom is -0.394 e. The summed E-state index contributed by atoms with van der Waals surface area (Å²) in [5.41, 5.74) is 0.275. The Morgan fingerprint density at radius 3 is 2.36 bits per heavy atom. The molecule has 2 amide bonds. The van der Waals surface area contributed by atoms with Gasteiger partial charge in [-0.05, 0) is 42.8 Å². The molecule has 5 nitrogen and oxygen atoms in total. The first-order chi connectivity index (χ1) is 12.0. The van der Waals surface area contributed by atoms with Crippen LogP contribution in [0.15, 0.2) is 42.5 Å². The first-order valence-electron chi connectivity index (χ1n) is 7.73. The summed E-state index contributed by atoms with van der Waals surface area (Å²) in [6, 6.07) is 8.93. The second-order valence-electron chi connectivity index (χ2n) is 5.39. The molecule has 132 valence electrons. The molecule has 0 aliphatic carbocycles. The number of aliphatic hydroxyl groups excluding tert-OH is 1. The van der Waals surface area contributed by atoms with Crippen LogP contribution in [-0.4, -0.2) is 29.6 Å². The van der Waals surface area contributed by atoms with Crippen LogP contribution in [0.1, 0.15) is 34.1 Å². The third kappa shape index (κ3) is 4.60. The predicted molar refractivity (Wildman–Crippen MR) is 89.4 cm³/mol. The number of carbonyl (C=O) groups is 2. The van der Waals surface area contributed by atoms with Crippen molar-refractivity contribution >= 4 is 17.5 Å². The molecule has 0 aliphatic heterocycles. The lowest BCUT2D eigenvalue weighted by Crippen LogP contribution is -2.36. The highest BCUT2D eigenvalue weighted by Crippen LogP contribution is 2.15. The molecule has 0 fully saturated rings. The van der Waals surface area contributed by atoms with Crippen molar-refractivity contribution in [3.8, 4) is 0 Å². The molecular weight excluding hydrogens is 330 g/mol. The van der Waals surface area contributed by atoms with Crippen molar-refractivity contribution in [1.82, 2.24) is 5.32 Å². The predicted octanol–water partition coefficient (Wildman–Crippen LogP) is 2.72. The van der Waals surface area contributed by atoms with E-state index in [2.05, 4.69) is 10.6 Å². The maximum Gasteiger partial charge on any atom is 0.258 e. The number of hydrogen-bond acceptors (Lipinski definition) is 3. The topological polar surface area (TPSA) is 78.4 Å². The van der Waals surface area contributed by atoms with Gasteiger partial charge in [0.1, 0.15) is 0 Å². The fourth-order valence-electron chi connectivity index (χ4n) is 2.13. The van der Waals surface area contributed by atoms with Crippen LogP contribution in [0.25, 0.3) is 0 Å². The summed E-state index contributed by atoms with van der Waals surface area (Å²) in [4.78, 5) is 24.0. The number of rotatable bonds is 6. The number of carbonyl (C=O) groups excluding carboxylic acids is 2. The highest BCUT2D eigenvalue weighted by Gasteiger charge is 2.16. The Labute approximate surface area is 143 Å². The molecule has 0 radical (unpaired) electrons. The molecule has 0 spiro atoms. The molecule has 25 heavy (non-hydrogen) atoms. The smallest absolute Gasteiger partial charge is 0.258 e. The molecule has 2 aromatic carbocycles. The fraction of sp³-hybridized carbons (Fsp3) is 0.222. The zero-order valence-electron chi connectivity index (χ0n) is 13.6. The van der Waals surface area contributed by atoms with Crippen LogP contribution >= 0.6 is 0 Å². The standard InChI is InChI=1S/C18H18F2N2O3/c1-2-12(10-23)21-17(24)11-6-8-13(9-7-11)22-18(25)14-4-3-5-15(19)16(14)20/h3-9,12,23H,2,10H2,1H3,(H,21,24)(H,22,25). The molecule has 2 rings (SSSR count). The third-order valence-corrected chi connectivity index (χ3v) is 3.65. The lowest BCUT2D eigenvalue weighted by atomic mass is 10.1. The number of nitrogens with one attached hydrogen (secondary N) is 2. The van der Waals surface area contributed by atoms with E-state index in [9.17, 15) is 18.4 Å². The zero-order chi connectivity index (χ0) is 18.4. The van der Waals surface area contributed by atoms with Crippen LogP contribution in [0.2, 0.25) is 0 Å². The van der Waals surface area contributed by atoms with E-state index < -0.39 is 23.1 Å². The number of amides is 2. The van der Waals surface area contributed by atoms with Gasteiger partial charge in [-0.15, -0.1) is 0 Å². The first-order valence-corrected chi connectivity index (χ1v) is 7.73. The molecule has 3 N–H and O–H groups in total. The van der Waals surface area contributed by atoms with Gasteiger partial charge in [-0.1, -0.05) is 13.0 Å². The Morgan fingerprint density at radius 1 is 1.08 bits per heavy atom. The summed E-state index contributed by atoms with van der Waals surface area (Å²) < 4.78 is 26.8. The second kappa shape index (κ2) is 8.34. The fourth-order valence-corrected chi connectivity index (χ4v) is 2.13. The van der Waals surface area contributed by atoms with Gasteiger partial charge in [0, 0.05) is 11.3 Å². The summed E-state index contributed by atoms with van der Waals surface area (Å²) in [5.74, 6) is -3.46. The van der Waals surface area contributed by atoms with Crippen LogP contribution in [0.3, 0.4) is 0 Å². The molecule has 1 unspecified atom stereocenters. The molecular formula is C18H18F2N2O3. The van der Waals surface area contributed by atoms with Crippen LogP contribution in [0.4, 0.5) is 14.5 Å². The van der Waals surface area contributed by atoms with Gasteiger partial charge >= 0.3 is 0 Å². The van der Waals surface area contributed by atoms with Gasteiger partial charge in [-0.2, -0.15) is 0 Å². The molecule has 0 saturated heterocycles. The van der Waals surface area contributed by atoms with E-state index in [-0.39, 0.29) is 18.6 Å².